The second-order valence-corrected chi connectivity index (χ2v) is 52.3. The summed E-state index contributed by atoms with van der Waals surface area (Å²) in [6.45, 7) is 33.1. The molecule has 0 bridgehead atoms. The van der Waals surface area contributed by atoms with Crippen molar-refractivity contribution < 1.29 is 0 Å². The number of halogens is 5. The van der Waals surface area contributed by atoms with Crippen molar-refractivity contribution >= 4 is 94.4 Å². The zero-order chi connectivity index (χ0) is 29.8. The molecule has 3 heterocycles. The summed E-state index contributed by atoms with van der Waals surface area (Å²) in [5.74, 6) is 0. The molecule has 0 amide bonds. The van der Waals surface area contributed by atoms with Gasteiger partial charge in [0.05, 0.1) is 0 Å². The van der Waals surface area contributed by atoms with Crippen LogP contribution in [0.3, 0.4) is 0 Å². The second kappa shape index (κ2) is 9.87. The molecule has 38 heavy (non-hydrogen) atoms. The van der Waals surface area contributed by atoms with Crippen LogP contribution in [0.1, 0.15) is 96.9 Å². The lowest BCUT2D eigenvalue weighted by Gasteiger charge is -2.74. The zero-order valence-corrected chi connectivity index (χ0v) is 36.3. The van der Waals surface area contributed by atoms with Crippen molar-refractivity contribution in [3.05, 3.63) is 45.5 Å². The zero-order valence-electron chi connectivity index (χ0n) is 25.4. The fourth-order valence-corrected chi connectivity index (χ4v) is 24.9. The molecule has 1 fully saturated rings. The molecule has 1 unspecified atom stereocenters. The Morgan fingerprint density at radius 2 is 1.11 bits per heavy atom. The standard InChI is InChI=1S/C26H45Br5N4Si3/c1-18-15-20(16-36(27,28)29)34(25(9,10)11)38(32(18)23(3,4)5)22-19(2)33(24(6,7)8)37(30,31)17-21(22)35(38)26(12,13)14/h15-17H,1-14H3/b20-16+. The SMILES string of the molecule is CC1=C/C(=C\[Si](Br)(Br)Br)N(C(C)(C)C)[Si]2(C3=C(C)N(C(C)(C)C)[Si](Br)(Br)C=C3N2C(C)(C)C)N1C(C)(C)C. The molecule has 216 valence electrons. The molecule has 0 aliphatic carbocycles. The Morgan fingerprint density at radius 3 is 1.47 bits per heavy atom. The van der Waals surface area contributed by atoms with Crippen molar-refractivity contribution in [3.63, 3.8) is 0 Å². The van der Waals surface area contributed by atoms with E-state index in [1.807, 2.05) is 0 Å². The summed E-state index contributed by atoms with van der Waals surface area (Å²) >= 11 is 20.2. The number of hydrogen-bond acceptors (Lipinski definition) is 4. The van der Waals surface area contributed by atoms with Gasteiger partial charge in [0.25, 0.3) is 3.93 Å². The van der Waals surface area contributed by atoms with Crippen LogP contribution >= 0.6 is 76.5 Å². The summed E-state index contributed by atoms with van der Waals surface area (Å²) in [7, 11) is -2.79. The molecular weight excluding hydrogens is 852 g/mol. The van der Waals surface area contributed by atoms with E-state index < -0.39 is 18.0 Å². The van der Waals surface area contributed by atoms with Crippen molar-refractivity contribution in [2.24, 2.45) is 0 Å². The number of allylic oxidation sites excluding steroid dienone is 4. The molecule has 0 aromatic carbocycles. The molecule has 3 rings (SSSR count). The summed E-state index contributed by atoms with van der Waals surface area (Å²) in [6.07, 6.45) is 2.40. The quantitative estimate of drug-likeness (QED) is 0.192. The van der Waals surface area contributed by atoms with Crippen molar-refractivity contribution in [2.45, 2.75) is 119 Å². The van der Waals surface area contributed by atoms with E-state index in [1.165, 1.54) is 28.0 Å². The Morgan fingerprint density at radius 1 is 0.684 bits per heavy atom. The summed E-state index contributed by atoms with van der Waals surface area (Å²) in [5.41, 5.74) is 7.72. The van der Waals surface area contributed by atoms with Crippen LogP contribution in [-0.2, 0) is 0 Å². The van der Waals surface area contributed by atoms with Gasteiger partial charge in [0.1, 0.15) is 0 Å². The smallest absolute Gasteiger partial charge is 0.376 e. The first-order chi connectivity index (χ1) is 16.6. The first-order valence-corrected chi connectivity index (χ1v) is 30.3. The Labute approximate surface area is 274 Å². The van der Waals surface area contributed by atoms with Crippen LogP contribution in [0.5, 0.6) is 0 Å². The normalized spacial score (nSPS) is 26.1. The van der Waals surface area contributed by atoms with E-state index in [0.717, 1.165) is 0 Å². The molecule has 12 heteroatoms. The highest BCUT2D eigenvalue weighted by Gasteiger charge is 2.74. The molecule has 0 N–H and O–H groups in total. The van der Waals surface area contributed by atoms with Gasteiger partial charge in [-0.05, 0) is 114 Å². The number of rotatable bonds is 1. The van der Waals surface area contributed by atoms with Gasteiger partial charge in [0.15, 0.2) is 0 Å². The summed E-state index contributed by atoms with van der Waals surface area (Å²) in [4.78, 5) is 0. The van der Waals surface area contributed by atoms with E-state index in [-0.39, 0.29) is 22.2 Å². The predicted octanol–water partition coefficient (Wildman–Crippen LogP) is 9.78. The van der Waals surface area contributed by atoms with E-state index in [0.29, 0.717) is 0 Å². The van der Waals surface area contributed by atoms with Gasteiger partial charge in [-0.2, -0.15) is 0 Å². The molecule has 0 saturated carbocycles. The molecule has 1 spiro atoms. The maximum Gasteiger partial charge on any atom is 0.419 e. The lowest BCUT2D eigenvalue weighted by atomic mass is 10.1. The average molecular weight is 897 g/mol. The molecule has 0 aromatic heterocycles. The Hall–Kier alpha value is 1.21. The molecule has 1 saturated heterocycles. The molecule has 4 nitrogen and oxygen atoms in total. The Bertz CT molecular complexity index is 1130. The monoisotopic (exact) mass is 892 g/mol. The highest BCUT2D eigenvalue weighted by molar-refractivity contribution is 9.72. The van der Waals surface area contributed by atoms with Crippen LogP contribution in [0, 0.1) is 0 Å². The Balaban J connectivity index is 2.63. The molecule has 0 aromatic rings. The van der Waals surface area contributed by atoms with Crippen LogP contribution in [0.15, 0.2) is 45.5 Å². The van der Waals surface area contributed by atoms with Gasteiger partial charge in [-0.25, -0.2) is 0 Å². The minimum Gasteiger partial charge on any atom is -0.376 e. The topological polar surface area (TPSA) is 13.0 Å². The van der Waals surface area contributed by atoms with Crippen molar-refractivity contribution in [2.75, 3.05) is 0 Å². The van der Waals surface area contributed by atoms with E-state index >= 15 is 0 Å². The highest BCUT2D eigenvalue weighted by Crippen LogP contribution is 2.61. The fourth-order valence-electron chi connectivity index (χ4n) is 6.84. The van der Waals surface area contributed by atoms with Crippen molar-refractivity contribution in [1.29, 1.82) is 0 Å². The average Bonchev–Trinajstić information content (AvgIpc) is 2.52. The molecule has 3 aliphatic heterocycles. The van der Waals surface area contributed by atoms with Gasteiger partial charge in [-0.1, -0.05) is 76.5 Å². The third-order valence-corrected chi connectivity index (χ3v) is 21.5. The summed E-state index contributed by atoms with van der Waals surface area (Å²) in [6, 6.07) is 0. The van der Waals surface area contributed by atoms with Gasteiger partial charge in [-0.3, -0.25) is 0 Å². The van der Waals surface area contributed by atoms with E-state index in [1.54, 1.807) is 0 Å². The Kier molecular flexibility index (Phi) is 8.76. The third kappa shape index (κ3) is 5.62. The van der Waals surface area contributed by atoms with E-state index in [9.17, 15) is 0 Å². The lowest BCUT2D eigenvalue weighted by Crippen LogP contribution is -2.90. The highest BCUT2D eigenvalue weighted by atomic mass is 80.0. The molecular formula is C26H45Br5N4Si3. The van der Waals surface area contributed by atoms with E-state index in [4.69, 9.17) is 0 Å². The molecule has 0 radical (unpaired) electrons. The fraction of sp³-hybridized carbons (Fsp3) is 0.692. The van der Waals surface area contributed by atoms with Crippen molar-refractivity contribution in [3.8, 4) is 0 Å². The summed E-state index contributed by atoms with van der Waals surface area (Å²) < 4.78 is 9.00. The van der Waals surface area contributed by atoms with Gasteiger partial charge in [0.2, 0.25) is 0 Å². The van der Waals surface area contributed by atoms with Crippen LogP contribution in [0.25, 0.3) is 0 Å². The van der Waals surface area contributed by atoms with Crippen LogP contribution < -0.4 is 0 Å². The first-order valence-electron chi connectivity index (χ1n) is 13.1. The van der Waals surface area contributed by atoms with Crippen molar-refractivity contribution in [1.82, 2.24) is 18.3 Å². The third-order valence-electron chi connectivity index (χ3n) is 7.04. The minimum absolute atomic E-state index is 0.0446. The number of hydrogen-bond donors (Lipinski definition) is 0. The van der Waals surface area contributed by atoms with Gasteiger partial charge in [0, 0.05) is 50.1 Å². The maximum absolute atomic E-state index is 4.21. The number of nitrogens with zero attached hydrogens (tertiary/aromatic N) is 4. The second-order valence-electron chi connectivity index (χ2n) is 14.6. The van der Waals surface area contributed by atoms with Gasteiger partial charge in [-0.15, -0.1) is 0 Å². The molecule has 3 aliphatic rings. The van der Waals surface area contributed by atoms with Crippen LogP contribution in [0.4, 0.5) is 0 Å². The van der Waals surface area contributed by atoms with Crippen LogP contribution in [0.2, 0.25) is 0 Å². The van der Waals surface area contributed by atoms with Gasteiger partial charge >= 0.3 is 14.0 Å². The van der Waals surface area contributed by atoms with Gasteiger partial charge < -0.3 is 18.3 Å². The maximum atomic E-state index is 4.21. The first kappa shape index (κ1) is 33.7. The molecule has 1 atom stereocenters. The summed E-state index contributed by atoms with van der Waals surface area (Å²) in [5, 5.41) is 1.53. The van der Waals surface area contributed by atoms with E-state index in [2.05, 4.69) is 209 Å². The van der Waals surface area contributed by atoms with Crippen LogP contribution in [-0.4, -0.2) is 58.4 Å². The number of fused-ring (bicyclic) bond motifs is 2. The largest absolute Gasteiger partial charge is 0.419 e. The lowest BCUT2D eigenvalue weighted by molar-refractivity contribution is 0.123. The predicted molar refractivity (Wildman–Crippen MR) is 191 cm³/mol. The minimum atomic E-state index is -2.79.